The van der Waals surface area contributed by atoms with Crippen LogP contribution in [0.25, 0.3) is 0 Å². The van der Waals surface area contributed by atoms with Crippen LogP contribution >= 0.6 is 0 Å². The van der Waals surface area contributed by atoms with Gasteiger partial charge in [0.2, 0.25) is 0 Å². The molecule has 4 aliphatic carbocycles. The van der Waals surface area contributed by atoms with Crippen molar-refractivity contribution in [1.82, 2.24) is 0 Å². The Morgan fingerprint density at radius 2 is 1.53 bits per heavy atom. The van der Waals surface area contributed by atoms with Crippen LogP contribution in [0, 0.1) is 47.3 Å². The van der Waals surface area contributed by atoms with Crippen LogP contribution in [0.1, 0.15) is 108 Å². The molecule has 0 spiro atoms. The first-order valence-electron chi connectivity index (χ1n) is 12.7. The lowest BCUT2D eigenvalue weighted by Crippen LogP contribution is -2.64. The monoisotopic (exact) mass is 408 g/mol. The van der Waals surface area contributed by atoms with Crippen LogP contribution in [-0.4, -0.2) is 11.2 Å². The van der Waals surface area contributed by atoms with E-state index in [0.29, 0.717) is 22.2 Å². The summed E-state index contributed by atoms with van der Waals surface area (Å²) in [5, 5.41) is 10.9. The largest absolute Gasteiger partial charge is 0.393 e. The Kier molecular flexibility index (Phi) is 4.47. The molecular formula is C29H44O. The van der Waals surface area contributed by atoms with E-state index in [9.17, 15) is 5.11 Å². The molecule has 0 aliphatic heterocycles. The van der Waals surface area contributed by atoms with Crippen LogP contribution in [0.3, 0.4) is 0 Å². The zero-order chi connectivity index (χ0) is 21.7. The summed E-state index contributed by atoms with van der Waals surface area (Å²) < 4.78 is 0. The van der Waals surface area contributed by atoms with Crippen LogP contribution < -0.4 is 0 Å². The van der Waals surface area contributed by atoms with Crippen LogP contribution in [0.2, 0.25) is 0 Å². The third-order valence-electron chi connectivity index (χ3n) is 12.0. The lowest BCUT2D eigenvalue weighted by atomic mass is 9.34. The number of aliphatic hydroxyl groups is 1. The molecule has 166 valence electrons. The van der Waals surface area contributed by atoms with E-state index in [4.69, 9.17) is 0 Å². The van der Waals surface area contributed by atoms with Crippen LogP contribution in [0.4, 0.5) is 0 Å². The molecule has 3 saturated carbocycles. The van der Waals surface area contributed by atoms with Gasteiger partial charge in [-0.25, -0.2) is 0 Å². The average molecular weight is 409 g/mol. The second kappa shape index (κ2) is 6.37. The van der Waals surface area contributed by atoms with E-state index >= 15 is 0 Å². The maximum absolute atomic E-state index is 10.9. The summed E-state index contributed by atoms with van der Waals surface area (Å²) in [6, 6.07) is 4.79. The number of hydrogen-bond acceptors (Lipinski definition) is 1. The molecule has 0 unspecified atom stereocenters. The van der Waals surface area contributed by atoms with Crippen molar-refractivity contribution in [2.45, 2.75) is 112 Å². The zero-order valence-electron chi connectivity index (χ0n) is 20.6. The minimum atomic E-state index is -0.126. The number of aliphatic hydroxyl groups excluding tert-OH is 1. The van der Waals surface area contributed by atoms with Crippen molar-refractivity contribution < 1.29 is 5.11 Å². The van der Waals surface area contributed by atoms with Gasteiger partial charge in [-0.15, -0.1) is 0 Å². The fraction of sp³-hybridized carbons (Fsp3) is 0.793. The second-order valence-electron chi connectivity index (χ2n) is 13.1. The van der Waals surface area contributed by atoms with Gasteiger partial charge in [0.15, 0.2) is 0 Å². The first kappa shape index (κ1) is 21.0. The number of hydrogen-bond donors (Lipinski definition) is 1. The van der Waals surface area contributed by atoms with E-state index in [1.165, 1.54) is 50.5 Å². The van der Waals surface area contributed by atoms with Crippen molar-refractivity contribution >= 4 is 0 Å². The van der Waals surface area contributed by atoms with Gasteiger partial charge in [0.05, 0.1) is 6.10 Å². The summed E-state index contributed by atoms with van der Waals surface area (Å²) in [6.07, 6.45) is 10.1. The Labute approximate surface area is 185 Å². The molecule has 1 aromatic carbocycles. The van der Waals surface area contributed by atoms with Gasteiger partial charge in [-0.3, -0.25) is 0 Å². The molecule has 7 atom stereocenters. The molecule has 30 heavy (non-hydrogen) atoms. The van der Waals surface area contributed by atoms with Crippen molar-refractivity contribution in [2.75, 3.05) is 0 Å². The highest BCUT2D eigenvalue weighted by Crippen LogP contribution is 2.74. The van der Waals surface area contributed by atoms with E-state index in [0.717, 1.165) is 18.3 Å². The van der Waals surface area contributed by atoms with Gasteiger partial charge in [0.1, 0.15) is 0 Å². The smallest absolute Gasteiger partial charge is 0.0594 e. The quantitative estimate of drug-likeness (QED) is 0.475. The Balaban J connectivity index is 1.59. The first-order valence-corrected chi connectivity index (χ1v) is 12.7. The van der Waals surface area contributed by atoms with Gasteiger partial charge in [-0.2, -0.15) is 0 Å². The fourth-order valence-corrected chi connectivity index (χ4v) is 9.84. The predicted molar refractivity (Wildman–Crippen MR) is 126 cm³/mol. The summed E-state index contributed by atoms with van der Waals surface area (Å²) in [6.45, 7) is 17.4. The molecule has 0 aromatic heterocycles. The van der Waals surface area contributed by atoms with Gasteiger partial charge >= 0.3 is 0 Å². The Hall–Kier alpha value is -0.820. The highest BCUT2D eigenvalue weighted by Gasteiger charge is 2.67. The molecule has 1 aromatic rings. The molecule has 1 heteroatoms. The number of benzene rings is 1. The molecule has 1 N–H and O–H groups in total. The number of rotatable bonds is 0. The molecule has 3 fully saturated rings. The third kappa shape index (κ3) is 2.40. The SMILES string of the molecule is Cc1ccc2c(c1C)[C@H]1CC[C@@H]3[C@@]4(C)CC[C@@H](O)C(C)(C)[C@@H]4CC[C@@]3(C)[C@]1(C)CC2. The van der Waals surface area contributed by atoms with Crippen molar-refractivity contribution in [2.24, 2.45) is 33.5 Å². The maximum Gasteiger partial charge on any atom is 0.0594 e. The summed E-state index contributed by atoms with van der Waals surface area (Å²) >= 11 is 0. The van der Waals surface area contributed by atoms with Crippen LogP contribution in [0.15, 0.2) is 12.1 Å². The minimum absolute atomic E-state index is 0.0545. The van der Waals surface area contributed by atoms with E-state index in [1.807, 2.05) is 0 Å². The topological polar surface area (TPSA) is 20.2 Å². The van der Waals surface area contributed by atoms with E-state index < -0.39 is 0 Å². The normalized spacial score (nSPS) is 46.9. The molecule has 0 radical (unpaired) electrons. The first-order chi connectivity index (χ1) is 14.0. The molecule has 5 rings (SSSR count). The Morgan fingerprint density at radius 3 is 2.27 bits per heavy atom. The van der Waals surface area contributed by atoms with Gasteiger partial charge in [0, 0.05) is 0 Å². The number of fused-ring (bicyclic) bond motifs is 7. The standard InChI is InChI=1S/C29H44O/c1-18-8-9-20-12-16-28(6)21(25(20)19(18)2)10-11-23-27(5)15-14-24(30)26(3,4)22(27)13-17-29(23,28)7/h8-9,21-24,30H,10-17H2,1-7H3/t21-,22+,23-,24-,27+,28-,29-/m1/s1. The van der Waals surface area contributed by atoms with Gasteiger partial charge in [0.25, 0.3) is 0 Å². The molecular weight excluding hydrogens is 364 g/mol. The maximum atomic E-state index is 10.9. The molecule has 4 aliphatic rings. The summed E-state index contributed by atoms with van der Waals surface area (Å²) in [4.78, 5) is 0. The molecule has 0 amide bonds. The van der Waals surface area contributed by atoms with Crippen molar-refractivity contribution in [1.29, 1.82) is 0 Å². The predicted octanol–water partition coefficient (Wildman–Crippen LogP) is 7.35. The third-order valence-corrected chi connectivity index (χ3v) is 12.0. The Morgan fingerprint density at radius 1 is 0.800 bits per heavy atom. The van der Waals surface area contributed by atoms with E-state index in [1.54, 1.807) is 16.7 Å². The van der Waals surface area contributed by atoms with Gasteiger partial charge in [-0.1, -0.05) is 46.8 Å². The van der Waals surface area contributed by atoms with Crippen LogP contribution in [-0.2, 0) is 6.42 Å². The molecule has 1 nitrogen and oxygen atoms in total. The van der Waals surface area contributed by atoms with Crippen molar-refractivity contribution in [3.8, 4) is 0 Å². The lowest BCUT2D eigenvalue weighted by Gasteiger charge is -2.71. The average Bonchev–Trinajstić information content (AvgIpc) is 2.68. The van der Waals surface area contributed by atoms with Crippen molar-refractivity contribution in [3.05, 3.63) is 34.4 Å². The fourth-order valence-electron chi connectivity index (χ4n) is 9.84. The molecule has 0 saturated heterocycles. The second-order valence-corrected chi connectivity index (χ2v) is 13.1. The lowest BCUT2D eigenvalue weighted by molar-refractivity contribution is -0.218. The zero-order valence-corrected chi connectivity index (χ0v) is 20.6. The highest BCUT2D eigenvalue weighted by molar-refractivity contribution is 5.46. The summed E-state index contributed by atoms with van der Waals surface area (Å²) in [5.74, 6) is 2.18. The number of aryl methyl sites for hydroxylation is 2. The van der Waals surface area contributed by atoms with Crippen molar-refractivity contribution in [3.63, 3.8) is 0 Å². The summed E-state index contributed by atoms with van der Waals surface area (Å²) in [7, 11) is 0. The van der Waals surface area contributed by atoms with Gasteiger partial charge < -0.3 is 5.11 Å². The van der Waals surface area contributed by atoms with E-state index in [-0.39, 0.29) is 11.5 Å². The highest BCUT2D eigenvalue weighted by atomic mass is 16.3. The Bertz CT molecular complexity index is 867. The van der Waals surface area contributed by atoms with E-state index in [2.05, 4.69) is 60.6 Å². The molecule has 0 bridgehead atoms. The summed E-state index contributed by atoms with van der Waals surface area (Å²) in [5.41, 5.74) is 7.67. The molecule has 0 heterocycles. The minimum Gasteiger partial charge on any atom is -0.393 e. The van der Waals surface area contributed by atoms with Crippen LogP contribution in [0.5, 0.6) is 0 Å². The van der Waals surface area contributed by atoms with Gasteiger partial charge in [-0.05, 0) is 127 Å².